The predicted molar refractivity (Wildman–Crippen MR) is 181 cm³/mol. The molecule has 10 heteroatoms. The van der Waals surface area contributed by atoms with Crippen LogP contribution < -0.4 is 23.7 Å². The SMILES string of the molecule is Br.COc1ccc(CC/N=c2/scc(C3(c4ccc(Cl)c(Cl)c4)CCC3)n2CCc2ccc(OC)c(OC)c2)cc1OC. The Labute approximate surface area is 278 Å². The fraction of sp³-hybridized carbons (Fsp3) is 0.364. The van der Waals surface area contributed by atoms with Crippen molar-refractivity contribution in [3.8, 4) is 23.0 Å². The minimum absolute atomic E-state index is 0. The van der Waals surface area contributed by atoms with Crippen LogP contribution in [0.5, 0.6) is 23.0 Å². The number of benzene rings is 3. The van der Waals surface area contributed by atoms with Crippen LogP contribution in [0.1, 0.15) is 41.6 Å². The van der Waals surface area contributed by atoms with Crippen LogP contribution >= 0.6 is 51.5 Å². The number of rotatable bonds is 12. The molecule has 230 valence electrons. The van der Waals surface area contributed by atoms with Gasteiger partial charge in [0.2, 0.25) is 0 Å². The van der Waals surface area contributed by atoms with Crippen LogP contribution in [0.15, 0.2) is 65.0 Å². The van der Waals surface area contributed by atoms with Crippen molar-refractivity contribution >= 4 is 51.5 Å². The van der Waals surface area contributed by atoms with Gasteiger partial charge in [0.1, 0.15) is 0 Å². The summed E-state index contributed by atoms with van der Waals surface area (Å²) in [6.07, 6.45) is 4.90. The van der Waals surface area contributed by atoms with Crippen LogP contribution in [0.3, 0.4) is 0 Å². The molecule has 1 aromatic heterocycles. The molecule has 3 aromatic carbocycles. The Morgan fingerprint density at radius 3 is 1.91 bits per heavy atom. The molecule has 43 heavy (non-hydrogen) atoms. The van der Waals surface area contributed by atoms with Crippen LogP contribution in [0.25, 0.3) is 0 Å². The van der Waals surface area contributed by atoms with Crippen molar-refractivity contribution < 1.29 is 18.9 Å². The van der Waals surface area contributed by atoms with Crippen LogP contribution in [-0.2, 0) is 24.8 Å². The summed E-state index contributed by atoms with van der Waals surface area (Å²) in [6.45, 7) is 1.44. The minimum atomic E-state index is -0.112. The standard InChI is InChI=1S/C33H36Cl2N2O4S.BrH/c1-38-27-10-6-22(18-29(27)40-3)12-16-36-32-37(17-13-23-7-11-28(39-2)30(19-23)41-4)31(21-42-32)33(14-5-15-33)24-8-9-25(34)26(35)20-24;/h6-11,18-21H,5,12-17H2,1-4H3;1H/b36-32+;. The first-order valence-corrected chi connectivity index (χ1v) is 15.6. The highest BCUT2D eigenvalue weighted by Gasteiger charge is 2.43. The van der Waals surface area contributed by atoms with Crippen LogP contribution in [0, 0.1) is 0 Å². The molecular weight excluding hydrogens is 671 g/mol. The van der Waals surface area contributed by atoms with Gasteiger partial charge in [0.05, 0.1) is 38.5 Å². The lowest BCUT2D eigenvalue weighted by atomic mass is 9.62. The molecular formula is C33H37BrCl2N2O4S. The highest BCUT2D eigenvalue weighted by atomic mass is 79.9. The zero-order valence-corrected chi connectivity index (χ0v) is 28.9. The summed E-state index contributed by atoms with van der Waals surface area (Å²) in [5.74, 6) is 2.91. The smallest absolute Gasteiger partial charge is 0.184 e. The summed E-state index contributed by atoms with van der Waals surface area (Å²) < 4.78 is 24.3. The lowest BCUT2D eigenvalue weighted by Gasteiger charge is -2.43. The molecule has 0 radical (unpaired) electrons. The van der Waals surface area contributed by atoms with Gasteiger partial charge in [-0.2, -0.15) is 0 Å². The topological polar surface area (TPSA) is 54.2 Å². The van der Waals surface area contributed by atoms with E-state index in [1.54, 1.807) is 39.8 Å². The molecule has 1 fully saturated rings. The van der Waals surface area contributed by atoms with Crippen molar-refractivity contribution in [3.05, 3.63) is 97.2 Å². The van der Waals surface area contributed by atoms with Crippen LogP contribution in [0.2, 0.25) is 10.0 Å². The molecule has 4 aromatic rings. The average molecular weight is 709 g/mol. The third-order valence-corrected chi connectivity index (χ3v) is 9.78. The van der Waals surface area contributed by atoms with E-state index in [0.717, 1.165) is 72.0 Å². The van der Waals surface area contributed by atoms with E-state index in [1.165, 1.54) is 16.8 Å². The summed E-state index contributed by atoms with van der Waals surface area (Å²) in [7, 11) is 6.63. The van der Waals surface area contributed by atoms with E-state index in [-0.39, 0.29) is 22.4 Å². The van der Waals surface area contributed by atoms with Crippen molar-refractivity contribution in [1.29, 1.82) is 0 Å². The lowest BCUT2D eigenvalue weighted by molar-refractivity contribution is 0.282. The third-order valence-electron chi connectivity index (χ3n) is 8.13. The number of hydrogen-bond acceptors (Lipinski definition) is 6. The molecule has 0 bridgehead atoms. The molecule has 0 N–H and O–H groups in total. The quantitative estimate of drug-likeness (QED) is 0.149. The highest BCUT2D eigenvalue weighted by molar-refractivity contribution is 8.93. The fourth-order valence-corrected chi connectivity index (χ4v) is 7.01. The van der Waals surface area contributed by atoms with Crippen molar-refractivity contribution in [2.75, 3.05) is 35.0 Å². The van der Waals surface area contributed by atoms with Gasteiger partial charge in [-0.25, -0.2) is 0 Å². The van der Waals surface area contributed by atoms with Gasteiger partial charge in [0.15, 0.2) is 27.8 Å². The summed E-state index contributed by atoms with van der Waals surface area (Å²) in [5, 5.41) is 3.45. The maximum absolute atomic E-state index is 6.50. The van der Waals surface area contributed by atoms with Gasteiger partial charge in [-0.1, -0.05) is 47.8 Å². The lowest BCUT2D eigenvalue weighted by Crippen LogP contribution is -2.39. The van der Waals surface area contributed by atoms with Crippen molar-refractivity contribution in [2.45, 2.75) is 44.1 Å². The van der Waals surface area contributed by atoms with E-state index in [4.69, 9.17) is 47.1 Å². The minimum Gasteiger partial charge on any atom is -0.493 e. The Morgan fingerprint density at radius 1 is 0.767 bits per heavy atom. The van der Waals surface area contributed by atoms with E-state index >= 15 is 0 Å². The summed E-state index contributed by atoms with van der Waals surface area (Å²) >= 11 is 14.5. The van der Waals surface area contributed by atoms with Crippen molar-refractivity contribution in [3.63, 3.8) is 0 Å². The zero-order valence-electron chi connectivity index (χ0n) is 24.8. The van der Waals surface area contributed by atoms with Gasteiger partial charge in [0, 0.05) is 29.6 Å². The monoisotopic (exact) mass is 706 g/mol. The van der Waals surface area contributed by atoms with E-state index in [2.05, 4.69) is 34.2 Å². The molecule has 6 nitrogen and oxygen atoms in total. The molecule has 1 heterocycles. The molecule has 0 unspecified atom stereocenters. The normalized spacial score (nSPS) is 14.0. The molecule has 0 atom stereocenters. The Bertz CT molecular complexity index is 1620. The Morgan fingerprint density at radius 2 is 1.37 bits per heavy atom. The maximum atomic E-state index is 6.50. The number of aromatic nitrogens is 1. The second kappa shape index (κ2) is 14.9. The second-order valence-corrected chi connectivity index (χ2v) is 12.0. The number of ether oxygens (including phenoxy) is 4. The zero-order chi connectivity index (χ0) is 29.7. The summed E-state index contributed by atoms with van der Waals surface area (Å²) in [5.41, 5.74) is 4.70. The number of hydrogen-bond donors (Lipinski definition) is 0. The molecule has 5 rings (SSSR count). The Balaban J connectivity index is 0.00000423. The van der Waals surface area contributed by atoms with Gasteiger partial charge >= 0.3 is 0 Å². The second-order valence-electron chi connectivity index (χ2n) is 10.4. The third kappa shape index (κ3) is 7.03. The first kappa shape index (κ1) is 33.2. The van der Waals surface area contributed by atoms with Gasteiger partial charge in [-0.3, -0.25) is 4.99 Å². The first-order valence-electron chi connectivity index (χ1n) is 14.0. The Hall–Kier alpha value is -2.65. The van der Waals surface area contributed by atoms with Gasteiger partial charge in [-0.15, -0.1) is 28.3 Å². The van der Waals surface area contributed by atoms with Gasteiger partial charge in [-0.05, 0) is 78.8 Å². The van der Waals surface area contributed by atoms with E-state index in [1.807, 2.05) is 30.3 Å². The number of aryl methyl sites for hydroxylation is 1. The number of halogens is 3. The Kier molecular flexibility index (Phi) is 11.5. The van der Waals surface area contributed by atoms with Crippen molar-refractivity contribution in [2.24, 2.45) is 4.99 Å². The number of thiazole rings is 1. The number of methoxy groups -OCH3 is 4. The van der Waals surface area contributed by atoms with Crippen LogP contribution in [0.4, 0.5) is 0 Å². The summed E-state index contributed by atoms with van der Waals surface area (Å²) in [4.78, 5) is 6.12. The predicted octanol–water partition coefficient (Wildman–Crippen LogP) is 8.32. The molecule has 1 aliphatic rings. The highest BCUT2D eigenvalue weighted by Crippen LogP contribution is 2.50. The molecule has 1 aliphatic carbocycles. The van der Waals surface area contributed by atoms with Crippen LogP contribution in [-0.4, -0.2) is 39.6 Å². The molecule has 0 spiro atoms. The maximum Gasteiger partial charge on any atom is 0.184 e. The van der Waals surface area contributed by atoms with Gasteiger partial charge < -0.3 is 23.5 Å². The van der Waals surface area contributed by atoms with E-state index in [0.29, 0.717) is 16.6 Å². The molecule has 0 aliphatic heterocycles. The number of nitrogens with zero attached hydrogens (tertiary/aromatic N) is 2. The molecule has 0 amide bonds. The van der Waals surface area contributed by atoms with Crippen molar-refractivity contribution in [1.82, 2.24) is 4.57 Å². The molecule has 0 saturated heterocycles. The molecule has 1 saturated carbocycles. The average Bonchev–Trinajstić information content (AvgIpc) is 3.39. The summed E-state index contributed by atoms with van der Waals surface area (Å²) in [6, 6.07) is 18.2. The first-order chi connectivity index (χ1) is 20.4. The fourth-order valence-electron chi connectivity index (χ4n) is 5.66. The van der Waals surface area contributed by atoms with E-state index in [9.17, 15) is 0 Å². The van der Waals surface area contributed by atoms with Gasteiger partial charge in [0.25, 0.3) is 0 Å². The largest absolute Gasteiger partial charge is 0.493 e. The van der Waals surface area contributed by atoms with E-state index < -0.39 is 0 Å².